The molecule has 1 aliphatic heterocycles. The van der Waals surface area contributed by atoms with Crippen LogP contribution in [0.1, 0.15) is 22.8 Å². The van der Waals surface area contributed by atoms with E-state index in [1.165, 1.54) is 9.75 Å². The van der Waals surface area contributed by atoms with Crippen LogP contribution >= 0.6 is 11.3 Å². The van der Waals surface area contributed by atoms with E-state index in [2.05, 4.69) is 36.2 Å². The first kappa shape index (κ1) is 9.68. The van der Waals surface area contributed by atoms with Crippen LogP contribution in [0.2, 0.25) is 0 Å². The zero-order chi connectivity index (χ0) is 10.1. The number of rotatable bonds is 2. The van der Waals surface area contributed by atoms with Gasteiger partial charge in [0.1, 0.15) is 6.17 Å². The van der Waals surface area contributed by atoms with Gasteiger partial charge >= 0.3 is 0 Å². The molecule has 0 aromatic carbocycles. The van der Waals surface area contributed by atoms with E-state index < -0.39 is 0 Å². The Labute approximate surface area is 87.7 Å². The van der Waals surface area contributed by atoms with E-state index in [-0.39, 0.29) is 12.1 Å². The van der Waals surface area contributed by atoms with Gasteiger partial charge in [0.25, 0.3) is 0 Å². The van der Waals surface area contributed by atoms with Crippen molar-refractivity contribution in [3.05, 3.63) is 21.9 Å². The molecule has 0 spiro atoms. The molecule has 0 bridgehead atoms. The summed E-state index contributed by atoms with van der Waals surface area (Å²) in [4.78, 5) is 15.9. The maximum absolute atomic E-state index is 11.3. The van der Waals surface area contributed by atoms with Crippen LogP contribution in [0.3, 0.4) is 0 Å². The van der Waals surface area contributed by atoms with Crippen molar-refractivity contribution in [3.8, 4) is 0 Å². The highest BCUT2D eigenvalue weighted by atomic mass is 32.1. The molecule has 2 rings (SSSR count). The molecule has 1 amide bonds. The Hall–Kier alpha value is -0.870. The number of hydrogen-bond acceptors (Lipinski definition) is 3. The molecule has 0 saturated carbocycles. The SMILES string of the molecule is CCN1CC(=O)N[C@@H]1c1ccc(C)s1. The van der Waals surface area contributed by atoms with Crippen LogP contribution in [0.4, 0.5) is 0 Å². The largest absolute Gasteiger partial charge is 0.335 e. The molecule has 1 fully saturated rings. The summed E-state index contributed by atoms with van der Waals surface area (Å²) in [7, 11) is 0. The van der Waals surface area contributed by atoms with Gasteiger partial charge in [0.05, 0.1) is 6.54 Å². The maximum atomic E-state index is 11.3. The number of aryl methyl sites for hydroxylation is 1. The van der Waals surface area contributed by atoms with Crippen molar-refractivity contribution in [1.29, 1.82) is 0 Å². The fourth-order valence-corrected chi connectivity index (χ4v) is 2.67. The van der Waals surface area contributed by atoms with Gasteiger partial charge in [-0.05, 0) is 25.6 Å². The standard InChI is InChI=1S/C10H14N2OS/c1-3-12-6-9(13)11-10(12)8-5-4-7(2)14-8/h4-5,10H,3,6H2,1-2H3,(H,11,13)/t10-/m0/s1. The summed E-state index contributed by atoms with van der Waals surface area (Å²) in [5.41, 5.74) is 0. The molecular formula is C10H14N2OS. The third-order valence-corrected chi connectivity index (χ3v) is 3.50. The molecule has 0 aliphatic carbocycles. The fourth-order valence-electron chi connectivity index (χ4n) is 1.71. The zero-order valence-electron chi connectivity index (χ0n) is 8.41. The molecule has 2 heterocycles. The van der Waals surface area contributed by atoms with Crippen LogP contribution in [0.15, 0.2) is 12.1 Å². The van der Waals surface area contributed by atoms with Gasteiger partial charge in [-0.25, -0.2) is 0 Å². The lowest BCUT2D eigenvalue weighted by Gasteiger charge is -2.19. The minimum absolute atomic E-state index is 0.103. The molecule has 4 heteroatoms. The molecule has 14 heavy (non-hydrogen) atoms. The predicted molar refractivity (Wildman–Crippen MR) is 57.2 cm³/mol. The van der Waals surface area contributed by atoms with Crippen LogP contribution in [0.25, 0.3) is 0 Å². The third-order valence-electron chi connectivity index (χ3n) is 2.45. The van der Waals surface area contributed by atoms with E-state index in [9.17, 15) is 4.79 Å². The summed E-state index contributed by atoms with van der Waals surface area (Å²) in [5, 5.41) is 2.98. The number of carbonyl (C=O) groups is 1. The normalized spacial score (nSPS) is 22.7. The minimum Gasteiger partial charge on any atom is -0.335 e. The second-order valence-electron chi connectivity index (χ2n) is 3.48. The van der Waals surface area contributed by atoms with Gasteiger partial charge in [-0.1, -0.05) is 6.92 Å². The van der Waals surface area contributed by atoms with Crippen LogP contribution in [-0.4, -0.2) is 23.9 Å². The fraction of sp³-hybridized carbons (Fsp3) is 0.500. The van der Waals surface area contributed by atoms with Gasteiger partial charge in [0.2, 0.25) is 5.91 Å². The first-order chi connectivity index (χ1) is 6.70. The molecule has 0 radical (unpaired) electrons. The highest BCUT2D eigenvalue weighted by molar-refractivity contribution is 7.12. The van der Waals surface area contributed by atoms with Crippen molar-refractivity contribution in [1.82, 2.24) is 10.2 Å². The van der Waals surface area contributed by atoms with Crippen molar-refractivity contribution >= 4 is 17.2 Å². The van der Waals surface area contributed by atoms with Gasteiger partial charge < -0.3 is 5.32 Å². The van der Waals surface area contributed by atoms with Gasteiger partial charge in [-0.2, -0.15) is 0 Å². The molecule has 76 valence electrons. The summed E-state index contributed by atoms with van der Waals surface area (Å²) in [6.07, 6.45) is 0.103. The number of hydrogen-bond donors (Lipinski definition) is 1. The number of amides is 1. The molecule has 1 aromatic heterocycles. The van der Waals surface area contributed by atoms with E-state index in [0.29, 0.717) is 6.54 Å². The summed E-state index contributed by atoms with van der Waals surface area (Å²) in [5.74, 6) is 0.128. The predicted octanol–water partition coefficient (Wildman–Crippen LogP) is 1.51. The van der Waals surface area contributed by atoms with E-state index in [4.69, 9.17) is 0 Å². The van der Waals surface area contributed by atoms with Crippen molar-refractivity contribution in [2.45, 2.75) is 20.0 Å². The Kier molecular flexibility index (Phi) is 2.56. The molecule has 0 unspecified atom stereocenters. The lowest BCUT2D eigenvalue weighted by atomic mass is 10.3. The first-order valence-electron chi connectivity index (χ1n) is 4.80. The van der Waals surface area contributed by atoms with Crippen LogP contribution < -0.4 is 5.32 Å². The Morgan fingerprint density at radius 3 is 3.00 bits per heavy atom. The average Bonchev–Trinajstić information content (AvgIpc) is 2.71. The van der Waals surface area contributed by atoms with Crippen molar-refractivity contribution in [3.63, 3.8) is 0 Å². The van der Waals surface area contributed by atoms with Gasteiger partial charge in [-0.3, -0.25) is 9.69 Å². The van der Waals surface area contributed by atoms with Crippen LogP contribution in [0.5, 0.6) is 0 Å². The molecule has 1 aromatic rings. The Morgan fingerprint density at radius 2 is 2.43 bits per heavy atom. The van der Waals surface area contributed by atoms with E-state index in [1.807, 2.05) is 0 Å². The van der Waals surface area contributed by atoms with Gasteiger partial charge in [-0.15, -0.1) is 11.3 Å². The number of likely N-dealkylation sites (N-methyl/N-ethyl adjacent to an activating group) is 1. The molecule has 1 N–H and O–H groups in total. The third kappa shape index (κ3) is 1.67. The van der Waals surface area contributed by atoms with Crippen molar-refractivity contribution in [2.24, 2.45) is 0 Å². The molecule has 3 nitrogen and oxygen atoms in total. The lowest BCUT2D eigenvalue weighted by molar-refractivity contribution is -0.118. The van der Waals surface area contributed by atoms with Crippen LogP contribution in [0, 0.1) is 6.92 Å². The minimum atomic E-state index is 0.103. The number of carbonyl (C=O) groups excluding carboxylic acids is 1. The maximum Gasteiger partial charge on any atom is 0.235 e. The highest BCUT2D eigenvalue weighted by Gasteiger charge is 2.30. The second kappa shape index (κ2) is 3.71. The number of nitrogens with one attached hydrogen (secondary N) is 1. The van der Waals surface area contributed by atoms with Crippen molar-refractivity contribution in [2.75, 3.05) is 13.1 Å². The topological polar surface area (TPSA) is 32.3 Å². The summed E-state index contributed by atoms with van der Waals surface area (Å²) < 4.78 is 0. The quantitative estimate of drug-likeness (QED) is 0.802. The smallest absolute Gasteiger partial charge is 0.235 e. The monoisotopic (exact) mass is 210 g/mol. The molecule has 1 atom stereocenters. The summed E-state index contributed by atoms with van der Waals surface area (Å²) in [6.45, 7) is 5.59. The number of thiophene rings is 1. The lowest BCUT2D eigenvalue weighted by Crippen LogP contribution is -2.26. The average molecular weight is 210 g/mol. The highest BCUT2D eigenvalue weighted by Crippen LogP contribution is 2.27. The summed E-state index contributed by atoms with van der Waals surface area (Å²) in [6, 6.07) is 4.19. The first-order valence-corrected chi connectivity index (χ1v) is 5.62. The molecule has 1 saturated heterocycles. The van der Waals surface area contributed by atoms with E-state index >= 15 is 0 Å². The van der Waals surface area contributed by atoms with E-state index in [1.54, 1.807) is 11.3 Å². The van der Waals surface area contributed by atoms with Crippen molar-refractivity contribution < 1.29 is 4.79 Å². The van der Waals surface area contributed by atoms with Gasteiger partial charge in [0, 0.05) is 9.75 Å². The summed E-state index contributed by atoms with van der Waals surface area (Å²) >= 11 is 1.75. The Balaban J connectivity index is 2.21. The number of nitrogens with zero attached hydrogens (tertiary/aromatic N) is 1. The zero-order valence-corrected chi connectivity index (χ0v) is 9.23. The Bertz CT molecular complexity index is 348. The van der Waals surface area contributed by atoms with E-state index in [0.717, 1.165) is 6.54 Å². The molecule has 1 aliphatic rings. The van der Waals surface area contributed by atoms with Crippen LogP contribution in [-0.2, 0) is 4.79 Å². The second-order valence-corrected chi connectivity index (χ2v) is 4.80. The molecular weight excluding hydrogens is 196 g/mol. The Morgan fingerprint density at radius 1 is 1.64 bits per heavy atom. The van der Waals surface area contributed by atoms with Gasteiger partial charge in [0.15, 0.2) is 0 Å².